The fourth-order valence-electron chi connectivity index (χ4n) is 3.31. The lowest BCUT2D eigenvalue weighted by molar-refractivity contribution is 0.305. The van der Waals surface area contributed by atoms with E-state index in [2.05, 4.69) is 11.5 Å². The first kappa shape index (κ1) is 22.7. The number of hydrogen-bond acceptors (Lipinski definition) is 6. The van der Waals surface area contributed by atoms with Gasteiger partial charge in [-0.2, -0.15) is 8.42 Å². The first-order chi connectivity index (χ1) is 13.5. The minimum atomic E-state index is -3.67. The highest BCUT2D eigenvalue weighted by atomic mass is 32.2. The molecular formula is C20H24FNO6S. The van der Waals surface area contributed by atoms with Crippen molar-refractivity contribution in [3.8, 4) is 17.2 Å². The molecule has 7 nitrogen and oxygen atoms in total. The molecule has 2 aromatic rings. The van der Waals surface area contributed by atoms with Crippen LogP contribution in [-0.4, -0.2) is 59.1 Å². The van der Waals surface area contributed by atoms with E-state index in [4.69, 9.17) is 4.55 Å². The van der Waals surface area contributed by atoms with Gasteiger partial charge in [-0.15, -0.1) is 6.58 Å². The maximum atomic E-state index is 14.5. The van der Waals surface area contributed by atoms with Crippen LogP contribution in [0.4, 0.5) is 4.39 Å². The number of benzene rings is 2. The summed E-state index contributed by atoms with van der Waals surface area (Å²) < 4.78 is 40.4. The molecule has 158 valence electrons. The molecule has 1 aliphatic heterocycles. The first-order valence-electron chi connectivity index (χ1n) is 8.79. The lowest BCUT2D eigenvalue weighted by Crippen LogP contribution is -2.28. The highest BCUT2D eigenvalue weighted by Gasteiger charge is 2.28. The summed E-state index contributed by atoms with van der Waals surface area (Å²) in [5.74, 6) is -1.92. The summed E-state index contributed by atoms with van der Waals surface area (Å²) in [6.45, 7) is 5.70. The molecule has 2 aromatic carbocycles. The molecule has 0 fully saturated rings. The molecule has 0 aromatic heterocycles. The molecule has 1 unspecified atom stereocenters. The predicted octanol–water partition coefficient (Wildman–Crippen LogP) is 2.62. The van der Waals surface area contributed by atoms with Gasteiger partial charge in [0.25, 0.3) is 10.1 Å². The van der Waals surface area contributed by atoms with E-state index in [1.54, 1.807) is 30.3 Å². The van der Waals surface area contributed by atoms with Crippen LogP contribution in [0.2, 0.25) is 0 Å². The van der Waals surface area contributed by atoms with Gasteiger partial charge in [0.15, 0.2) is 17.3 Å². The number of phenols is 3. The van der Waals surface area contributed by atoms with Crippen molar-refractivity contribution in [2.45, 2.75) is 12.3 Å². The van der Waals surface area contributed by atoms with E-state index in [1.807, 2.05) is 0 Å². The van der Waals surface area contributed by atoms with Crippen LogP contribution >= 0.6 is 0 Å². The second-order valence-electron chi connectivity index (χ2n) is 6.80. The molecule has 1 heterocycles. The van der Waals surface area contributed by atoms with Gasteiger partial charge in [0.1, 0.15) is 5.75 Å². The maximum absolute atomic E-state index is 14.5. The quantitative estimate of drug-likeness (QED) is 0.339. The minimum Gasteiger partial charge on any atom is -0.508 e. The Balaban J connectivity index is 0.000000537. The SMILES string of the molecule is C=CCN1CCc2c(cc(O)c(O)c2F)C(c2ccc(O)cc2)C1.CS(=O)(=O)O. The third-order valence-electron chi connectivity index (χ3n) is 4.53. The first-order valence-corrected chi connectivity index (χ1v) is 10.6. The molecule has 0 radical (unpaired) electrons. The van der Waals surface area contributed by atoms with E-state index in [9.17, 15) is 28.1 Å². The Morgan fingerprint density at radius 3 is 2.38 bits per heavy atom. The van der Waals surface area contributed by atoms with Gasteiger partial charge >= 0.3 is 0 Å². The Morgan fingerprint density at radius 2 is 1.83 bits per heavy atom. The highest BCUT2D eigenvalue weighted by molar-refractivity contribution is 7.85. The van der Waals surface area contributed by atoms with Crippen molar-refractivity contribution in [1.29, 1.82) is 0 Å². The Hall–Kier alpha value is -2.62. The van der Waals surface area contributed by atoms with Crippen LogP contribution in [0.3, 0.4) is 0 Å². The van der Waals surface area contributed by atoms with Crippen molar-refractivity contribution in [3.05, 3.63) is 65.5 Å². The number of nitrogens with zero attached hydrogens (tertiary/aromatic N) is 1. The molecule has 0 amide bonds. The summed E-state index contributed by atoms with van der Waals surface area (Å²) >= 11 is 0. The van der Waals surface area contributed by atoms with E-state index >= 15 is 0 Å². The van der Waals surface area contributed by atoms with Gasteiger partial charge in [-0.3, -0.25) is 9.45 Å². The number of aromatic hydroxyl groups is 3. The van der Waals surface area contributed by atoms with E-state index in [0.29, 0.717) is 43.4 Å². The lowest BCUT2D eigenvalue weighted by atomic mass is 9.87. The summed E-state index contributed by atoms with van der Waals surface area (Å²) in [5, 5.41) is 29.1. The third-order valence-corrected chi connectivity index (χ3v) is 4.53. The number of fused-ring (bicyclic) bond motifs is 1. The van der Waals surface area contributed by atoms with Crippen molar-refractivity contribution < 1.29 is 32.7 Å². The zero-order valence-corrected chi connectivity index (χ0v) is 16.7. The second-order valence-corrected chi connectivity index (χ2v) is 8.27. The smallest absolute Gasteiger partial charge is 0.261 e. The second kappa shape index (κ2) is 9.25. The molecular weight excluding hydrogens is 401 g/mol. The molecule has 0 saturated carbocycles. The fraction of sp³-hybridized carbons (Fsp3) is 0.300. The van der Waals surface area contributed by atoms with Crippen molar-refractivity contribution in [3.63, 3.8) is 0 Å². The van der Waals surface area contributed by atoms with Gasteiger partial charge in [-0.25, -0.2) is 4.39 Å². The van der Waals surface area contributed by atoms with Crippen LogP contribution in [-0.2, 0) is 16.5 Å². The summed E-state index contributed by atoms with van der Waals surface area (Å²) in [6, 6.07) is 8.22. The van der Waals surface area contributed by atoms with Gasteiger partial charge < -0.3 is 15.3 Å². The average molecular weight is 425 g/mol. The molecule has 4 N–H and O–H groups in total. The normalized spacial score (nSPS) is 16.9. The van der Waals surface area contributed by atoms with Gasteiger partial charge in [0, 0.05) is 25.6 Å². The van der Waals surface area contributed by atoms with Gasteiger partial charge in [0.05, 0.1) is 6.26 Å². The van der Waals surface area contributed by atoms with Crippen LogP contribution in [0.25, 0.3) is 0 Å². The van der Waals surface area contributed by atoms with Crippen molar-refractivity contribution in [2.24, 2.45) is 0 Å². The zero-order chi connectivity index (χ0) is 21.8. The molecule has 9 heteroatoms. The van der Waals surface area contributed by atoms with Crippen molar-refractivity contribution >= 4 is 10.1 Å². The van der Waals surface area contributed by atoms with Crippen LogP contribution in [0.1, 0.15) is 22.6 Å². The fourth-order valence-corrected chi connectivity index (χ4v) is 3.31. The average Bonchev–Trinajstić information content (AvgIpc) is 2.79. The van der Waals surface area contributed by atoms with Gasteiger partial charge in [-0.05, 0) is 41.3 Å². The molecule has 3 rings (SSSR count). The van der Waals surface area contributed by atoms with Crippen LogP contribution in [0.5, 0.6) is 17.2 Å². The molecule has 0 saturated heterocycles. The summed E-state index contributed by atoms with van der Waals surface area (Å²) in [6.07, 6.45) is 2.96. The van der Waals surface area contributed by atoms with E-state index in [1.165, 1.54) is 6.07 Å². The molecule has 1 atom stereocenters. The Morgan fingerprint density at radius 1 is 1.24 bits per heavy atom. The minimum absolute atomic E-state index is 0.162. The monoisotopic (exact) mass is 425 g/mol. The Bertz CT molecular complexity index is 967. The Kier molecular flexibility index (Phi) is 7.23. The number of hydrogen-bond donors (Lipinski definition) is 4. The molecule has 0 bridgehead atoms. The van der Waals surface area contributed by atoms with Gasteiger partial charge in [-0.1, -0.05) is 18.2 Å². The summed E-state index contributed by atoms with van der Waals surface area (Å²) in [7, 11) is -3.67. The predicted molar refractivity (Wildman–Crippen MR) is 107 cm³/mol. The van der Waals surface area contributed by atoms with Crippen LogP contribution in [0.15, 0.2) is 43.0 Å². The summed E-state index contributed by atoms with van der Waals surface area (Å²) in [5.41, 5.74) is 2.00. The number of phenolic OH excluding ortho intramolecular Hbond substituents is 3. The molecule has 29 heavy (non-hydrogen) atoms. The third kappa shape index (κ3) is 6.18. The highest BCUT2D eigenvalue weighted by Crippen LogP contribution is 2.40. The standard InChI is InChI=1S/C19H20FNO3.CH4O3S/c1-2-8-21-9-7-14-15(10-17(23)19(24)18(14)20)16(11-21)12-3-5-13(22)6-4-12;1-5(2,3)4/h2-6,10,16,22-24H,1,7-9,11H2;1H3,(H,2,3,4). The molecule has 1 aliphatic rings. The Labute approximate surface area is 169 Å². The number of halogens is 1. The van der Waals surface area contributed by atoms with E-state index < -0.39 is 27.4 Å². The summed E-state index contributed by atoms with van der Waals surface area (Å²) in [4.78, 5) is 2.15. The maximum Gasteiger partial charge on any atom is 0.261 e. The van der Waals surface area contributed by atoms with Crippen molar-refractivity contribution in [1.82, 2.24) is 4.90 Å². The van der Waals surface area contributed by atoms with E-state index in [0.717, 1.165) is 5.56 Å². The lowest BCUT2D eigenvalue weighted by Gasteiger charge is -2.24. The van der Waals surface area contributed by atoms with Crippen LogP contribution in [0, 0.1) is 5.82 Å². The topological polar surface area (TPSA) is 118 Å². The van der Waals surface area contributed by atoms with Crippen LogP contribution < -0.4 is 0 Å². The number of rotatable bonds is 3. The molecule has 0 spiro atoms. The largest absolute Gasteiger partial charge is 0.508 e. The zero-order valence-electron chi connectivity index (χ0n) is 15.9. The molecule has 0 aliphatic carbocycles. The van der Waals surface area contributed by atoms with Crippen molar-refractivity contribution in [2.75, 3.05) is 25.9 Å². The van der Waals surface area contributed by atoms with E-state index in [-0.39, 0.29) is 11.7 Å². The van der Waals surface area contributed by atoms with Gasteiger partial charge in [0.2, 0.25) is 0 Å².